The Balaban J connectivity index is 2.30. The molecule has 0 aromatic heterocycles. The lowest BCUT2D eigenvalue weighted by Gasteiger charge is -2.31. The maximum absolute atomic E-state index is 9.98. The summed E-state index contributed by atoms with van der Waals surface area (Å²) in [6, 6.07) is 0. The van der Waals surface area contributed by atoms with E-state index < -0.39 is 0 Å². The summed E-state index contributed by atoms with van der Waals surface area (Å²) in [4.78, 5) is 2.38. The molecule has 0 heterocycles. The Hall–Kier alpha value is -0.0800. The first kappa shape index (κ1) is 12.0. The van der Waals surface area contributed by atoms with E-state index in [0.29, 0.717) is 0 Å². The molecule has 1 N–H and O–H groups in total. The molecule has 0 radical (unpaired) electrons. The summed E-state index contributed by atoms with van der Waals surface area (Å²) in [6.45, 7) is 11.6. The molecule has 2 nitrogen and oxygen atoms in total. The van der Waals surface area contributed by atoms with E-state index in [1.807, 2.05) is 0 Å². The van der Waals surface area contributed by atoms with Crippen LogP contribution in [0.1, 0.15) is 40.5 Å². The van der Waals surface area contributed by atoms with Crippen LogP contribution < -0.4 is 0 Å². The van der Waals surface area contributed by atoms with Crippen LogP contribution in [0.2, 0.25) is 0 Å². The normalized spacial score (nSPS) is 20.1. The van der Waals surface area contributed by atoms with E-state index in [9.17, 15) is 5.11 Å². The Morgan fingerprint density at radius 1 is 1.36 bits per heavy atom. The van der Waals surface area contributed by atoms with Crippen molar-refractivity contribution < 1.29 is 5.11 Å². The third-order valence-electron chi connectivity index (χ3n) is 3.09. The van der Waals surface area contributed by atoms with E-state index in [1.165, 1.54) is 19.4 Å². The van der Waals surface area contributed by atoms with Gasteiger partial charge in [-0.25, -0.2) is 0 Å². The van der Waals surface area contributed by atoms with Crippen LogP contribution in [0, 0.1) is 11.3 Å². The highest BCUT2D eigenvalue weighted by Crippen LogP contribution is 2.30. The standard InChI is InChI=1S/C12H25NO/c1-5-13(8-10-6-7-10)9-11(14)12(2,3)4/h10-11,14H,5-9H2,1-4H3. The number of likely N-dealkylation sites (N-methyl/N-ethyl adjacent to an activating group) is 1. The van der Waals surface area contributed by atoms with Crippen molar-refractivity contribution in [2.45, 2.75) is 46.6 Å². The molecule has 0 amide bonds. The first-order chi connectivity index (χ1) is 6.43. The quantitative estimate of drug-likeness (QED) is 0.733. The van der Waals surface area contributed by atoms with E-state index >= 15 is 0 Å². The Labute approximate surface area is 88.3 Å². The third kappa shape index (κ3) is 3.97. The first-order valence-corrected chi connectivity index (χ1v) is 5.84. The summed E-state index contributed by atoms with van der Waals surface area (Å²) in [5.41, 5.74) is 0.0109. The third-order valence-corrected chi connectivity index (χ3v) is 3.09. The van der Waals surface area contributed by atoms with Gasteiger partial charge in [-0.1, -0.05) is 27.7 Å². The van der Waals surface area contributed by atoms with Gasteiger partial charge in [0.15, 0.2) is 0 Å². The van der Waals surface area contributed by atoms with Crippen LogP contribution in [0.3, 0.4) is 0 Å². The Morgan fingerprint density at radius 3 is 2.29 bits per heavy atom. The van der Waals surface area contributed by atoms with Crippen LogP contribution in [0.25, 0.3) is 0 Å². The fourth-order valence-corrected chi connectivity index (χ4v) is 1.52. The fraction of sp³-hybridized carbons (Fsp3) is 1.00. The van der Waals surface area contributed by atoms with E-state index in [2.05, 4.69) is 32.6 Å². The molecular weight excluding hydrogens is 174 g/mol. The lowest BCUT2D eigenvalue weighted by atomic mass is 9.89. The molecule has 0 aromatic carbocycles. The Kier molecular flexibility index (Phi) is 3.96. The van der Waals surface area contributed by atoms with Crippen molar-refractivity contribution in [2.24, 2.45) is 11.3 Å². The van der Waals surface area contributed by atoms with E-state index in [0.717, 1.165) is 19.0 Å². The monoisotopic (exact) mass is 199 g/mol. The molecule has 2 heteroatoms. The minimum absolute atomic E-state index is 0.0109. The van der Waals surface area contributed by atoms with Crippen LogP contribution in [0.4, 0.5) is 0 Å². The molecule has 0 saturated heterocycles. The summed E-state index contributed by atoms with van der Waals surface area (Å²) in [6.07, 6.45) is 2.57. The van der Waals surface area contributed by atoms with Crippen molar-refractivity contribution in [2.75, 3.05) is 19.6 Å². The average Bonchev–Trinajstić information content (AvgIpc) is 2.85. The topological polar surface area (TPSA) is 23.5 Å². The predicted octanol–water partition coefficient (Wildman–Crippen LogP) is 2.13. The highest BCUT2D eigenvalue weighted by atomic mass is 16.3. The van der Waals surface area contributed by atoms with Gasteiger partial charge in [-0.15, -0.1) is 0 Å². The molecule has 1 saturated carbocycles. The Morgan fingerprint density at radius 2 is 1.93 bits per heavy atom. The number of rotatable bonds is 5. The van der Waals surface area contributed by atoms with Gasteiger partial charge in [0.2, 0.25) is 0 Å². The van der Waals surface area contributed by atoms with E-state index in [4.69, 9.17) is 0 Å². The zero-order valence-electron chi connectivity index (χ0n) is 10.1. The number of hydrogen-bond donors (Lipinski definition) is 1. The van der Waals surface area contributed by atoms with Crippen LogP contribution in [-0.2, 0) is 0 Å². The number of aliphatic hydroxyl groups excluding tert-OH is 1. The van der Waals surface area contributed by atoms with Crippen molar-refractivity contribution in [1.29, 1.82) is 0 Å². The molecule has 1 aliphatic carbocycles. The summed E-state index contributed by atoms with van der Waals surface area (Å²) in [7, 11) is 0. The second kappa shape index (κ2) is 4.63. The van der Waals surface area contributed by atoms with Gasteiger partial charge >= 0.3 is 0 Å². The van der Waals surface area contributed by atoms with E-state index in [1.54, 1.807) is 0 Å². The second-order valence-corrected chi connectivity index (χ2v) is 5.68. The summed E-state index contributed by atoms with van der Waals surface area (Å²) in [5, 5.41) is 9.98. The van der Waals surface area contributed by atoms with Gasteiger partial charge in [0.25, 0.3) is 0 Å². The minimum Gasteiger partial charge on any atom is -0.391 e. The molecule has 14 heavy (non-hydrogen) atoms. The van der Waals surface area contributed by atoms with Crippen molar-refractivity contribution in [3.8, 4) is 0 Å². The van der Waals surface area contributed by atoms with Gasteiger partial charge in [0, 0.05) is 13.1 Å². The molecule has 1 unspecified atom stereocenters. The average molecular weight is 199 g/mol. The van der Waals surface area contributed by atoms with E-state index in [-0.39, 0.29) is 11.5 Å². The lowest BCUT2D eigenvalue weighted by molar-refractivity contribution is 0.0285. The summed E-state index contributed by atoms with van der Waals surface area (Å²) in [5.74, 6) is 0.919. The maximum atomic E-state index is 9.98. The van der Waals surface area contributed by atoms with Gasteiger partial charge < -0.3 is 10.0 Å². The molecule has 1 fully saturated rings. The van der Waals surface area contributed by atoms with Crippen LogP contribution in [0.15, 0.2) is 0 Å². The summed E-state index contributed by atoms with van der Waals surface area (Å²) >= 11 is 0. The maximum Gasteiger partial charge on any atom is 0.0715 e. The van der Waals surface area contributed by atoms with Crippen LogP contribution in [0.5, 0.6) is 0 Å². The van der Waals surface area contributed by atoms with Crippen molar-refractivity contribution in [1.82, 2.24) is 4.90 Å². The molecule has 84 valence electrons. The second-order valence-electron chi connectivity index (χ2n) is 5.68. The molecule has 0 aromatic rings. The van der Waals surface area contributed by atoms with Crippen molar-refractivity contribution in [3.05, 3.63) is 0 Å². The van der Waals surface area contributed by atoms with Crippen molar-refractivity contribution >= 4 is 0 Å². The largest absolute Gasteiger partial charge is 0.391 e. The molecule has 1 atom stereocenters. The smallest absolute Gasteiger partial charge is 0.0715 e. The van der Waals surface area contributed by atoms with Gasteiger partial charge in [-0.05, 0) is 30.7 Å². The molecular formula is C12H25NO. The summed E-state index contributed by atoms with van der Waals surface area (Å²) < 4.78 is 0. The molecule has 1 aliphatic rings. The molecule has 0 bridgehead atoms. The highest BCUT2D eigenvalue weighted by molar-refractivity contribution is 4.81. The van der Waals surface area contributed by atoms with Crippen molar-refractivity contribution in [3.63, 3.8) is 0 Å². The zero-order valence-corrected chi connectivity index (χ0v) is 10.1. The minimum atomic E-state index is -0.207. The van der Waals surface area contributed by atoms with Gasteiger partial charge in [-0.3, -0.25) is 0 Å². The number of nitrogens with zero attached hydrogens (tertiary/aromatic N) is 1. The van der Waals surface area contributed by atoms with Crippen LogP contribution >= 0.6 is 0 Å². The molecule has 0 aliphatic heterocycles. The van der Waals surface area contributed by atoms with Gasteiger partial charge in [0.05, 0.1) is 6.10 Å². The zero-order chi connectivity index (χ0) is 10.8. The first-order valence-electron chi connectivity index (χ1n) is 5.84. The number of hydrogen-bond acceptors (Lipinski definition) is 2. The Bertz CT molecular complexity index is 170. The van der Waals surface area contributed by atoms with Crippen LogP contribution in [-0.4, -0.2) is 35.7 Å². The highest BCUT2D eigenvalue weighted by Gasteiger charge is 2.28. The SMILES string of the molecule is CCN(CC1CC1)CC(O)C(C)(C)C. The van der Waals surface area contributed by atoms with Gasteiger partial charge in [0.1, 0.15) is 0 Å². The lowest BCUT2D eigenvalue weighted by Crippen LogP contribution is -2.40. The molecule has 0 spiro atoms. The fourth-order valence-electron chi connectivity index (χ4n) is 1.52. The predicted molar refractivity (Wildman–Crippen MR) is 60.3 cm³/mol. The number of aliphatic hydroxyl groups is 1. The molecule has 1 rings (SSSR count). The van der Waals surface area contributed by atoms with Gasteiger partial charge in [-0.2, -0.15) is 0 Å².